The molecule has 0 unspecified atom stereocenters. The van der Waals surface area contributed by atoms with E-state index in [4.69, 9.17) is 5.11 Å². The van der Waals surface area contributed by atoms with E-state index in [2.05, 4.69) is 10.2 Å². The molecular weight excluding hydrogens is 188 g/mol. The lowest BCUT2D eigenvalue weighted by molar-refractivity contribution is -0.132. The Bertz CT molecular complexity index is 386. The first-order valence-electron chi connectivity index (χ1n) is 3.58. The third-order valence-corrected chi connectivity index (χ3v) is 1.43. The molecule has 6 nitrogen and oxygen atoms in total. The number of carbonyl (C=O) groups is 1. The molecule has 14 heavy (non-hydrogen) atoms. The SMILES string of the molecule is O=NC(C(=O)O)=C(O)c1ccccn1. The van der Waals surface area contributed by atoms with Crippen LogP contribution in [0.4, 0.5) is 0 Å². The highest BCUT2D eigenvalue weighted by Crippen LogP contribution is 2.13. The predicted octanol–water partition coefficient (Wildman–Crippen LogP) is 1.16. The molecule has 0 bridgehead atoms. The first kappa shape index (κ1) is 9.85. The Hall–Kier alpha value is -2.24. The maximum absolute atomic E-state index is 10.4. The van der Waals surface area contributed by atoms with E-state index in [-0.39, 0.29) is 5.69 Å². The molecule has 0 saturated carbocycles. The molecule has 0 saturated heterocycles. The molecule has 0 aromatic carbocycles. The Morgan fingerprint density at radius 2 is 2.07 bits per heavy atom. The number of rotatable bonds is 3. The lowest BCUT2D eigenvalue weighted by Crippen LogP contribution is -2.02. The van der Waals surface area contributed by atoms with Crippen LogP contribution in [0.15, 0.2) is 35.3 Å². The maximum Gasteiger partial charge on any atom is 0.362 e. The summed E-state index contributed by atoms with van der Waals surface area (Å²) in [5.41, 5.74) is -0.965. The third kappa shape index (κ3) is 1.92. The van der Waals surface area contributed by atoms with Gasteiger partial charge in [-0.3, -0.25) is 4.98 Å². The van der Waals surface area contributed by atoms with Gasteiger partial charge < -0.3 is 10.2 Å². The van der Waals surface area contributed by atoms with E-state index in [9.17, 15) is 14.8 Å². The van der Waals surface area contributed by atoms with Crippen molar-refractivity contribution in [1.82, 2.24) is 4.98 Å². The monoisotopic (exact) mass is 194 g/mol. The normalized spacial score (nSPS) is 11.7. The van der Waals surface area contributed by atoms with Crippen molar-refractivity contribution in [3.05, 3.63) is 40.7 Å². The summed E-state index contributed by atoms with van der Waals surface area (Å²) in [4.78, 5) is 24.2. The summed E-state index contributed by atoms with van der Waals surface area (Å²) in [6.45, 7) is 0. The average Bonchev–Trinajstić information content (AvgIpc) is 2.19. The summed E-state index contributed by atoms with van der Waals surface area (Å²) < 4.78 is 0. The Balaban J connectivity index is 3.21. The first-order valence-corrected chi connectivity index (χ1v) is 3.58. The summed E-state index contributed by atoms with van der Waals surface area (Å²) in [6, 6.07) is 4.50. The van der Waals surface area contributed by atoms with Gasteiger partial charge in [-0.15, -0.1) is 4.91 Å². The number of nitrogens with zero attached hydrogens (tertiary/aromatic N) is 2. The standard InChI is InChI=1S/C8H6N2O4/c11-7(6(10-14)8(12)13)5-3-1-2-4-9-5/h1-4,11H,(H,12,13). The number of carboxylic acids is 1. The number of carboxylic acid groups (broad SMARTS) is 1. The number of pyridine rings is 1. The van der Waals surface area contributed by atoms with Crippen molar-refractivity contribution in [2.75, 3.05) is 0 Å². The Morgan fingerprint density at radius 1 is 1.36 bits per heavy atom. The van der Waals surface area contributed by atoms with Gasteiger partial charge in [-0.2, -0.15) is 0 Å². The number of aromatic nitrogens is 1. The molecular formula is C8H6N2O4. The van der Waals surface area contributed by atoms with Crippen LogP contribution in [0.25, 0.3) is 5.76 Å². The van der Waals surface area contributed by atoms with Crippen molar-refractivity contribution in [3.63, 3.8) is 0 Å². The summed E-state index contributed by atoms with van der Waals surface area (Å²) in [7, 11) is 0. The smallest absolute Gasteiger partial charge is 0.362 e. The fourth-order valence-corrected chi connectivity index (χ4v) is 0.808. The topological polar surface area (TPSA) is 99.9 Å². The second kappa shape index (κ2) is 4.13. The van der Waals surface area contributed by atoms with Crippen LogP contribution in [0.2, 0.25) is 0 Å². The van der Waals surface area contributed by atoms with Crippen LogP contribution in [0.5, 0.6) is 0 Å². The molecule has 0 atom stereocenters. The number of aliphatic hydroxyl groups is 1. The van der Waals surface area contributed by atoms with Crippen LogP contribution in [-0.2, 0) is 4.79 Å². The molecule has 1 rings (SSSR count). The van der Waals surface area contributed by atoms with Gasteiger partial charge in [0.2, 0.25) is 5.70 Å². The van der Waals surface area contributed by atoms with E-state index in [1.165, 1.54) is 12.3 Å². The summed E-state index contributed by atoms with van der Waals surface area (Å²) >= 11 is 0. The molecule has 2 N–H and O–H groups in total. The predicted molar refractivity (Wildman–Crippen MR) is 47.2 cm³/mol. The summed E-state index contributed by atoms with van der Waals surface area (Å²) in [6.07, 6.45) is 1.36. The summed E-state index contributed by atoms with van der Waals surface area (Å²) in [5, 5.41) is 20.0. The minimum absolute atomic E-state index is 0.00972. The Labute approximate surface area is 78.5 Å². The molecule has 1 aromatic heterocycles. The first-order chi connectivity index (χ1) is 6.66. The molecule has 0 radical (unpaired) electrons. The third-order valence-electron chi connectivity index (χ3n) is 1.43. The van der Waals surface area contributed by atoms with E-state index in [0.717, 1.165) is 0 Å². The molecule has 1 heterocycles. The van der Waals surface area contributed by atoms with Crippen molar-refractivity contribution in [1.29, 1.82) is 0 Å². The molecule has 0 aliphatic rings. The fourth-order valence-electron chi connectivity index (χ4n) is 0.808. The van der Waals surface area contributed by atoms with Crippen LogP contribution < -0.4 is 0 Å². The second-order valence-electron chi connectivity index (χ2n) is 2.31. The largest absolute Gasteiger partial charge is 0.504 e. The van der Waals surface area contributed by atoms with E-state index in [1.807, 2.05) is 0 Å². The number of hydrogen-bond acceptors (Lipinski definition) is 5. The van der Waals surface area contributed by atoms with E-state index in [0.29, 0.717) is 0 Å². The van der Waals surface area contributed by atoms with Gasteiger partial charge in [0, 0.05) is 6.20 Å². The molecule has 0 amide bonds. The van der Waals surface area contributed by atoms with Crippen LogP contribution >= 0.6 is 0 Å². The molecule has 0 aliphatic heterocycles. The van der Waals surface area contributed by atoms with Gasteiger partial charge in [0.1, 0.15) is 5.69 Å². The quantitative estimate of drug-likeness (QED) is 0.427. The highest BCUT2D eigenvalue weighted by atomic mass is 16.4. The lowest BCUT2D eigenvalue weighted by Gasteiger charge is -1.98. The van der Waals surface area contributed by atoms with E-state index in [1.54, 1.807) is 12.1 Å². The lowest BCUT2D eigenvalue weighted by atomic mass is 10.2. The molecule has 0 aliphatic carbocycles. The van der Waals surface area contributed by atoms with Gasteiger partial charge in [0.25, 0.3) is 0 Å². The van der Waals surface area contributed by atoms with Gasteiger partial charge in [-0.25, -0.2) is 4.79 Å². The van der Waals surface area contributed by atoms with Crippen molar-refractivity contribution in [2.45, 2.75) is 0 Å². The van der Waals surface area contributed by atoms with Gasteiger partial charge in [0.05, 0.1) is 0 Å². The van der Waals surface area contributed by atoms with Crippen molar-refractivity contribution in [2.24, 2.45) is 5.18 Å². The molecule has 6 heteroatoms. The zero-order valence-corrected chi connectivity index (χ0v) is 6.91. The van der Waals surface area contributed by atoms with Crippen molar-refractivity contribution >= 4 is 11.7 Å². The molecule has 1 aromatic rings. The van der Waals surface area contributed by atoms with Gasteiger partial charge in [-0.1, -0.05) is 6.07 Å². The highest BCUT2D eigenvalue weighted by Gasteiger charge is 2.16. The van der Waals surface area contributed by atoms with Crippen molar-refractivity contribution in [3.8, 4) is 0 Å². The zero-order valence-electron chi connectivity index (χ0n) is 6.91. The number of aliphatic carboxylic acids is 1. The molecule has 72 valence electrons. The van der Waals surface area contributed by atoms with Crippen LogP contribution in [0.3, 0.4) is 0 Å². The Morgan fingerprint density at radius 3 is 2.50 bits per heavy atom. The number of nitroso groups, excluding NO2 is 1. The molecule has 0 fully saturated rings. The van der Waals surface area contributed by atoms with Gasteiger partial charge in [-0.05, 0) is 17.3 Å². The van der Waals surface area contributed by atoms with E-state index >= 15 is 0 Å². The van der Waals surface area contributed by atoms with E-state index < -0.39 is 17.4 Å². The zero-order chi connectivity index (χ0) is 10.6. The summed E-state index contributed by atoms with van der Waals surface area (Å²) in [5.74, 6) is -2.34. The number of hydrogen-bond donors (Lipinski definition) is 2. The minimum atomic E-state index is -1.59. The Kier molecular flexibility index (Phi) is 2.90. The van der Waals surface area contributed by atoms with Crippen molar-refractivity contribution < 1.29 is 15.0 Å². The van der Waals surface area contributed by atoms with Crippen LogP contribution in [0.1, 0.15) is 5.69 Å². The van der Waals surface area contributed by atoms with Crippen LogP contribution in [0, 0.1) is 4.91 Å². The molecule has 0 spiro atoms. The second-order valence-corrected chi connectivity index (χ2v) is 2.31. The maximum atomic E-state index is 10.4. The van der Waals surface area contributed by atoms with Crippen LogP contribution in [-0.4, -0.2) is 21.2 Å². The minimum Gasteiger partial charge on any atom is -0.504 e. The average molecular weight is 194 g/mol. The fraction of sp³-hybridized carbons (Fsp3) is 0. The van der Waals surface area contributed by atoms with Gasteiger partial charge >= 0.3 is 5.97 Å². The highest BCUT2D eigenvalue weighted by molar-refractivity contribution is 5.93. The number of aliphatic hydroxyl groups excluding tert-OH is 1. The van der Waals surface area contributed by atoms with Gasteiger partial charge in [0.15, 0.2) is 5.76 Å².